The van der Waals surface area contributed by atoms with Gasteiger partial charge in [0.15, 0.2) is 0 Å². The lowest BCUT2D eigenvalue weighted by molar-refractivity contribution is -0.193. The van der Waals surface area contributed by atoms with E-state index in [0.29, 0.717) is 18.4 Å². The van der Waals surface area contributed by atoms with Gasteiger partial charge in [0.1, 0.15) is 0 Å². The lowest BCUT2D eigenvalue weighted by atomic mass is 10.0. The molecule has 192 valence electrons. The first-order chi connectivity index (χ1) is 15.7. The largest absolute Gasteiger partial charge is 0.490 e. The molecule has 2 atom stereocenters. The molecule has 0 unspecified atom stereocenters. The quantitative estimate of drug-likeness (QED) is 0.585. The summed E-state index contributed by atoms with van der Waals surface area (Å²) in [5, 5.41) is 14.2. The van der Waals surface area contributed by atoms with Gasteiger partial charge in [-0.3, -0.25) is 14.7 Å². The number of hydrogen-bond acceptors (Lipinski definition) is 6. The van der Waals surface area contributed by atoms with E-state index >= 15 is 0 Å². The van der Waals surface area contributed by atoms with Crippen LogP contribution >= 0.6 is 0 Å². The van der Waals surface area contributed by atoms with Crippen LogP contribution in [-0.2, 0) is 25.7 Å². The fraction of sp³-hybridized carbons (Fsp3) is 0.579. The lowest BCUT2D eigenvalue weighted by Crippen LogP contribution is -2.34. The Bertz CT molecular complexity index is 797. The zero-order valence-corrected chi connectivity index (χ0v) is 17.8. The molecule has 0 spiro atoms. The second kappa shape index (κ2) is 12.5. The van der Waals surface area contributed by atoms with Crippen molar-refractivity contribution in [2.45, 2.75) is 18.9 Å². The number of carbonyl (C=O) groups is 3. The zero-order valence-electron chi connectivity index (χ0n) is 17.8. The predicted molar refractivity (Wildman–Crippen MR) is 102 cm³/mol. The number of carboxylic acid groups (broad SMARTS) is 2. The second-order valence-corrected chi connectivity index (χ2v) is 7.30. The fourth-order valence-electron chi connectivity index (χ4n) is 3.31. The molecule has 0 bridgehead atoms. The molecule has 0 saturated carbocycles. The number of pyridine rings is 1. The molecule has 2 saturated heterocycles. The Morgan fingerprint density at radius 3 is 2.06 bits per heavy atom. The summed E-state index contributed by atoms with van der Waals surface area (Å²) in [4.78, 5) is 38.6. The molecule has 0 aliphatic carbocycles. The molecular formula is C19H23F6N3O6. The first-order valence-electron chi connectivity index (χ1n) is 9.66. The number of likely N-dealkylation sites (tertiary alicyclic amines) is 2. The van der Waals surface area contributed by atoms with Crippen molar-refractivity contribution in [3.05, 3.63) is 30.1 Å². The molecule has 2 N–H and O–H groups in total. The molecule has 0 aromatic carbocycles. The van der Waals surface area contributed by atoms with Crippen LogP contribution in [0.15, 0.2) is 24.5 Å². The van der Waals surface area contributed by atoms with E-state index in [-0.39, 0.29) is 5.92 Å². The van der Waals surface area contributed by atoms with Gasteiger partial charge in [0.2, 0.25) is 5.91 Å². The number of halogens is 6. The first-order valence-corrected chi connectivity index (χ1v) is 9.66. The third-order valence-corrected chi connectivity index (χ3v) is 4.78. The molecule has 3 rings (SSSR count). The van der Waals surface area contributed by atoms with Crippen LogP contribution in [0.25, 0.3) is 0 Å². The highest BCUT2D eigenvalue weighted by Gasteiger charge is 2.45. The average molecular weight is 503 g/mol. The molecule has 1 amide bonds. The number of alkyl halides is 6. The van der Waals surface area contributed by atoms with Crippen molar-refractivity contribution in [3.8, 4) is 0 Å². The monoisotopic (exact) mass is 503 g/mol. The van der Waals surface area contributed by atoms with E-state index in [9.17, 15) is 31.1 Å². The van der Waals surface area contributed by atoms with Crippen molar-refractivity contribution in [3.63, 3.8) is 0 Å². The molecule has 2 aliphatic rings. The second-order valence-electron chi connectivity index (χ2n) is 7.30. The molecular weight excluding hydrogens is 480 g/mol. The number of fused-ring (bicyclic) bond motifs is 1. The molecule has 1 aromatic heterocycles. The standard InChI is InChI=1S/C15H21N3O2.2C2HF3O2/c1-20-6-5-18-10-13-9-17(11-14(13)15(18)19)8-12-3-2-4-16-7-12;2*3-2(4,5)1(6)7/h2-4,7,13-14H,5-6,8-11H2,1H3;2*(H,6,7)/t13-,14-;;/m0../s1. The van der Waals surface area contributed by atoms with E-state index in [0.717, 1.165) is 32.7 Å². The number of aliphatic carboxylic acids is 2. The van der Waals surface area contributed by atoms with Gasteiger partial charge in [0.05, 0.1) is 12.5 Å². The van der Waals surface area contributed by atoms with Gasteiger partial charge < -0.3 is 19.8 Å². The smallest absolute Gasteiger partial charge is 0.475 e. The van der Waals surface area contributed by atoms with Crippen LogP contribution in [0.2, 0.25) is 0 Å². The van der Waals surface area contributed by atoms with Gasteiger partial charge in [-0.2, -0.15) is 26.3 Å². The number of amides is 1. The van der Waals surface area contributed by atoms with Crippen LogP contribution in [0, 0.1) is 11.8 Å². The number of ether oxygens (including phenoxy) is 1. The maximum absolute atomic E-state index is 12.3. The van der Waals surface area contributed by atoms with Crippen molar-refractivity contribution < 1.29 is 55.7 Å². The third kappa shape index (κ3) is 9.51. The minimum atomic E-state index is -5.08. The minimum absolute atomic E-state index is 0.184. The lowest BCUT2D eigenvalue weighted by Gasteiger charge is -2.21. The molecule has 34 heavy (non-hydrogen) atoms. The number of carbonyl (C=O) groups excluding carboxylic acids is 1. The molecule has 1 aromatic rings. The summed E-state index contributed by atoms with van der Waals surface area (Å²) in [6, 6.07) is 4.05. The molecule has 15 heteroatoms. The summed E-state index contributed by atoms with van der Waals surface area (Å²) in [5.41, 5.74) is 1.22. The number of carboxylic acids is 2. The van der Waals surface area contributed by atoms with Crippen molar-refractivity contribution in [2.75, 3.05) is 39.9 Å². The van der Waals surface area contributed by atoms with Crippen molar-refractivity contribution in [2.24, 2.45) is 11.8 Å². The van der Waals surface area contributed by atoms with Gasteiger partial charge in [-0.1, -0.05) is 6.07 Å². The maximum Gasteiger partial charge on any atom is 0.490 e. The van der Waals surface area contributed by atoms with Gasteiger partial charge in [0.25, 0.3) is 0 Å². The highest BCUT2D eigenvalue weighted by atomic mass is 19.4. The Balaban J connectivity index is 0.000000343. The Morgan fingerprint density at radius 2 is 1.65 bits per heavy atom. The summed E-state index contributed by atoms with van der Waals surface area (Å²) in [7, 11) is 1.68. The SMILES string of the molecule is COCCN1C[C@@H]2CN(Cc3cccnc3)C[C@@H]2C1=O.O=C(O)C(F)(F)F.O=C(O)C(F)(F)F. The zero-order chi connectivity index (χ0) is 26.1. The summed E-state index contributed by atoms with van der Waals surface area (Å²) in [6.45, 7) is 5.02. The van der Waals surface area contributed by atoms with Crippen LogP contribution < -0.4 is 0 Å². The highest BCUT2D eigenvalue weighted by Crippen LogP contribution is 2.32. The first kappa shape index (κ1) is 29.1. The Morgan fingerprint density at radius 1 is 1.09 bits per heavy atom. The van der Waals surface area contributed by atoms with Crippen molar-refractivity contribution in [1.29, 1.82) is 0 Å². The predicted octanol–water partition coefficient (Wildman–Crippen LogP) is 1.88. The van der Waals surface area contributed by atoms with Gasteiger partial charge in [-0.15, -0.1) is 0 Å². The van der Waals surface area contributed by atoms with Crippen LogP contribution in [-0.4, -0.2) is 95.1 Å². The number of nitrogens with zero attached hydrogens (tertiary/aromatic N) is 3. The van der Waals surface area contributed by atoms with Crippen LogP contribution in [0.1, 0.15) is 5.56 Å². The topological polar surface area (TPSA) is 120 Å². The van der Waals surface area contributed by atoms with E-state index in [1.54, 1.807) is 13.3 Å². The molecule has 3 heterocycles. The van der Waals surface area contributed by atoms with Crippen molar-refractivity contribution in [1.82, 2.24) is 14.8 Å². The van der Waals surface area contributed by atoms with Gasteiger partial charge in [-0.25, -0.2) is 9.59 Å². The summed E-state index contributed by atoms with van der Waals surface area (Å²) < 4.78 is 68.5. The van der Waals surface area contributed by atoms with E-state index in [2.05, 4.69) is 16.0 Å². The Labute approximate surface area is 189 Å². The fourth-order valence-corrected chi connectivity index (χ4v) is 3.31. The average Bonchev–Trinajstić information content (AvgIpc) is 3.25. The number of methoxy groups -OCH3 is 1. The van der Waals surface area contributed by atoms with Crippen LogP contribution in [0.5, 0.6) is 0 Å². The Hall–Kier alpha value is -2.94. The van der Waals surface area contributed by atoms with Crippen LogP contribution in [0.3, 0.4) is 0 Å². The van der Waals surface area contributed by atoms with E-state index in [4.69, 9.17) is 24.5 Å². The third-order valence-electron chi connectivity index (χ3n) is 4.78. The highest BCUT2D eigenvalue weighted by molar-refractivity contribution is 5.82. The number of rotatable bonds is 5. The van der Waals surface area contributed by atoms with E-state index < -0.39 is 24.3 Å². The molecule has 0 radical (unpaired) electrons. The normalized spacial score (nSPS) is 20.1. The summed E-state index contributed by atoms with van der Waals surface area (Å²) in [6.07, 6.45) is -6.47. The summed E-state index contributed by atoms with van der Waals surface area (Å²) in [5.74, 6) is -4.54. The number of aromatic nitrogens is 1. The van der Waals surface area contributed by atoms with Crippen LogP contribution in [0.4, 0.5) is 26.3 Å². The summed E-state index contributed by atoms with van der Waals surface area (Å²) >= 11 is 0. The van der Waals surface area contributed by atoms with Gasteiger partial charge in [0, 0.05) is 58.1 Å². The molecule has 2 fully saturated rings. The molecule has 9 nitrogen and oxygen atoms in total. The van der Waals surface area contributed by atoms with Crippen molar-refractivity contribution >= 4 is 17.8 Å². The van der Waals surface area contributed by atoms with Gasteiger partial charge >= 0.3 is 24.3 Å². The maximum atomic E-state index is 12.3. The van der Waals surface area contributed by atoms with E-state index in [1.165, 1.54) is 5.56 Å². The minimum Gasteiger partial charge on any atom is -0.475 e. The molecule has 2 aliphatic heterocycles. The van der Waals surface area contributed by atoms with E-state index in [1.807, 2.05) is 17.2 Å². The van der Waals surface area contributed by atoms with Gasteiger partial charge in [-0.05, 0) is 11.6 Å². The number of hydrogen-bond donors (Lipinski definition) is 2. The Kier molecular flexibility index (Phi) is 10.7.